The number of aryl methyl sites for hydroxylation is 3. The van der Waals surface area contributed by atoms with E-state index in [9.17, 15) is 14.7 Å². The Balaban J connectivity index is 2.00. The molecule has 0 unspecified atom stereocenters. The van der Waals surface area contributed by atoms with Gasteiger partial charge in [0.1, 0.15) is 5.69 Å². The number of para-hydroxylation sites is 1. The van der Waals surface area contributed by atoms with Crippen LogP contribution in [0.1, 0.15) is 33.5 Å². The van der Waals surface area contributed by atoms with Gasteiger partial charge in [0.15, 0.2) is 6.04 Å². The molecule has 0 radical (unpaired) electrons. The van der Waals surface area contributed by atoms with E-state index in [0.717, 1.165) is 10.9 Å². The molecule has 3 rings (SSSR count). The van der Waals surface area contributed by atoms with Gasteiger partial charge in [-0.05, 0) is 26.0 Å². The van der Waals surface area contributed by atoms with E-state index in [2.05, 4.69) is 15.5 Å². The summed E-state index contributed by atoms with van der Waals surface area (Å²) < 4.78 is 1.65. The lowest BCUT2D eigenvalue weighted by atomic mass is 10.0. The van der Waals surface area contributed by atoms with Crippen LogP contribution in [0.4, 0.5) is 0 Å². The van der Waals surface area contributed by atoms with Crippen molar-refractivity contribution in [3.63, 3.8) is 0 Å². The fourth-order valence-corrected chi connectivity index (χ4v) is 3.34. The second-order valence-electron chi connectivity index (χ2n) is 5.86. The molecule has 3 N–H and O–H groups in total. The van der Waals surface area contributed by atoms with Gasteiger partial charge in [-0.3, -0.25) is 9.89 Å². The fraction of sp³-hybridized carbons (Fsp3) is 0.235. The first-order chi connectivity index (χ1) is 11.8. The van der Waals surface area contributed by atoms with E-state index in [4.69, 9.17) is 11.6 Å². The minimum Gasteiger partial charge on any atom is -0.479 e. The van der Waals surface area contributed by atoms with E-state index in [1.165, 1.54) is 0 Å². The molecule has 2 heterocycles. The normalized spacial score (nSPS) is 12.3. The number of benzene rings is 1. The second-order valence-corrected chi connectivity index (χ2v) is 6.27. The molecule has 0 spiro atoms. The van der Waals surface area contributed by atoms with Crippen LogP contribution in [0.3, 0.4) is 0 Å². The predicted octanol–water partition coefficient (Wildman–Crippen LogP) is 2.73. The number of carboxylic acid groups (broad SMARTS) is 1. The quantitative estimate of drug-likeness (QED) is 0.666. The fourth-order valence-electron chi connectivity index (χ4n) is 3.03. The van der Waals surface area contributed by atoms with Crippen molar-refractivity contribution < 1.29 is 14.7 Å². The topological polar surface area (TPSA) is 100 Å². The first kappa shape index (κ1) is 17.0. The number of aliphatic carboxylic acids is 1. The van der Waals surface area contributed by atoms with Crippen molar-refractivity contribution in [2.75, 3.05) is 0 Å². The first-order valence-electron chi connectivity index (χ1n) is 7.60. The van der Waals surface area contributed by atoms with Gasteiger partial charge in [0.25, 0.3) is 5.91 Å². The molecule has 0 aliphatic carbocycles. The Labute approximate surface area is 148 Å². The van der Waals surface area contributed by atoms with Gasteiger partial charge in [0, 0.05) is 23.7 Å². The molecule has 130 valence electrons. The Morgan fingerprint density at radius 3 is 2.64 bits per heavy atom. The SMILES string of the molecule is Cc1n[nH]c(C)c1[C@@H](NC(=O)c1cc2cccc(Cl)c2n1C)C(=O)O. The summed E-state index contributed by atoms with van der Waals surface area (Å²) in [4.78, 5) is 24.4. The lowest BCUT2D eigenvalue weighted by Gasteiger charge is -2.15. The third-order valence-electron chi connectivity index (χ3n) is 4.24. The van der Waals surface area contributed by atoms with Crippen LogP contribution in [0.2, 0.25) is 5.02 Å². The summed E-state index contributed by atoms with van der Waals surface area (Å²) in [6.45, 7) is 3.41. The molecule has 8 heteroatoms. The van der Waals surface area contributed by atoms with Crippen LogP contribution in [0.15, 0.2) is 24.3 Å². The number of aromatic amines is 1. The Bertz CT molecular complexity index is 970. The van der Waals surface area contributed by atoms with E-state index in [0.29, 0.717) is 27.7 Å². The highest BCUT2D eigenvalue weighted by molar-refractivity contribution is 6.35. The summed E-state index contributed by atoms with van der Waals surface area (Å²) in [6, 6.07) is 5.87. The van der Waals surface area contributed by atoms with Gasteiger partial charge in [0.2, 0.25) is 0 Å². The lowest BCUT2D eigenvalue weighted by Crippen LogP contribution is -2.35. The average molecular weight is 361 g/mol. The predicted molar refractivity (Wildman–Crippen MR) is 93.8 cm³/mol. The Morgan fingerprint density at radius 1 is 1.36 bits per heavy atom. The number of nitrogens with one attached hydrogen (secondary N) is 2. The number of nitrogens with zero attached hydrogens (tertiary/aromatic N) is 2. The molecular formula is C17H17ClN4O3. The van der Waals surface area contributed by atoms with Crippen LogP contribution in [0, 0.1) is 13.8 Å². The number of carbonyl (C=O) groups is 2. The molecule has 25 heavy (non-hydrogen) atoms. The van der Waals surface area contributed by atoms with Crippen molar-refractivity contribution >= 4 is 34.4 Å². The van der Waals surface area contributed by atoms with E-state index >= 15 is 0 Å². The molecule has 3 aromatic rings. The maximum atomic E-state index is 12.7. The molecule has 0 saturated heterocycles. The highest BCUT2D eigenvalue weighted by Gasteiger charge is 2.28. The standard InChI is InChI=1S/C17H17ClN4O3/c1-8-13(9(2)21-20-8)14(17(24)25)19-16(23)12-7-10-5-4-6-11(18)15(10)22(12)3/h4-7,14H,1-3H3,(H,19,23)(H,20,21)(H,24,25)/t14-/m1/s1. The Kier molecular flexibility index (Phi) is 4.26. The number of carbonyl (C=O) groups excluding carboxylic acids is 1. The van der Waals surface area contributed by atoms with E-state index < -0.39 is 17.9 Å². The van der Waals surface area contributed by atoms with Gasteiger partial charge >= 0.3 is 5.97 Å². The van der Waals surface area contributed by atoms with Gasteiger partial charge in [-0.2, -0.15) is 5.10 Å². The molecule has 0 fully saturated rings. The summed E-state index contributed by atoms with van der Waals surface area (Å²) in [7, 11) is 1.72. The zero-order valence-corrected chi connectivity index (χ0v) is 14.7. The summed E-state index contributed by atoms with van der Waals surface area (Å²) in [5.41, 5.74) is 2.64. The van der Waals surface area contributed by atoms with Crippen molar-refractivity contribution in [2.24, 2.45) is 7.05 Å². The number of carboxylic acids is 1. The number of amides is 1. The molecule has 2 aromatic heterocycles. The van der Waals surface area contributed by atoms with Crippen molar-refractivity contribution in [1.82, 2.24) is 20.1 Å². The Hall–Kier alpha value is -2.80. The summed E-state index contributed by atoms with van der Waals surface area (Å²) in [5.74, 6) is -1.65. The summed E-state index contributed by atoms with van der Waals surface area (Å²) in [6.07, 6.45) is 0. The number of fused-ring (bicyclic) bond motifs is 1. The highest BCUT2D eigenvalue weighted by Crippen LogP contribution is 2.27. The molecule has 1 amide bonds. The van der Waals surface area contributed by atoms with Gasteiger partial charge in [-0.25, -0.2) is 4.79 Å². The number of H-pyrrole nitrogens is 1. The molecule has 0 aliphatic rings. The molecule has 7 nitrogen and oxygen atoms in total. The highest BCUT2D eigenvalue weighted by atomic mass is 35.5. The summed E-state index contributed by atoms with van der Waals surface area (Å²) >= 11 is 6.20. The molecule has 0 saturated carbocycles. The zero-order chi connectivity index (χ0) is 18.3. The van der Waals surface area contributed by atoms with Crippen molar-refractivity contribution in [3.05, 3.63) is 51.9 Å². The molecule has 0 aliphatic heterocycles. The van der Waals surface area contributed by atoms with Gasteiger partial charge < -0.3 is 15.0 Å². The zero-order valence-electron chi connectivity index (χ0n) is 13.9. The monoisotopic (exact) mass is 360 g/mol. The number of rotatable bonds is 4. The van der Waals surface area contributed by atoms with E-state index in [1.54, 1.807) is 43.7 Å². The second kappa shape index (κ2) is 6.25. The molecule has 0 bridgehead atoms. The largest absolute Gasteiger partial charge is 0.479 e. The van der Waals surface area contributed by atoms with E-state index in [1.807, 2.05) is 6.07 Å². The first-order valence-corrected chi connectivity index (χ1v) is 7.98. The average Bonchev–Trinajstić information content (AvgIpc) is 3.06. The maximum absolute atomic E-state index is 12.7. The van der Waals surface area contributed by atoms with Crippen LogP contribution >= 0.6 is 11.6 Å². The van der Waals surface area contributed by atoms with Gasteiger partial charge in [0.05, 0.1) is 16.2 Å². The third-order valence-corrected chi connectivity index (χ3v) is 4.54. The van der Waals surface area contributed by atoms with Crippen LogP contribution < -0.4 is 5.32 Å². The Morgan fingerprint density at radius 2 is 2.08 bits per heavy atom. The van der Waals surface area contributed by atoms with Crippen molar-refractivity contribution in [1.29, 1.82) is 0 Å². The van der Waals surface area contributed by atoms with Crippen LogP contribution in [-0.2, 0) is 11.8 Å². The van der Waals surface area contributed by atoms with Gasteiger partial charge in [-0.1, -0.05) is 23.7 Å². The van der Waals surface area contributed by atoms with Crippen molar-refractivity contribution in [2.45, 2.75) is 19.9 Å². The molecule has 1 atom stereocenters. The van der Waals surface area contributed by atoms with E-state index in [-0.39, 0.29) is 0 Å². The van der Waals surface area contributed by atoms with Crippen LogP contribution in [0.5, 0.6) is 0 Å². The third kappa shape index (κ3) is 2.87. The minimum absolute atomic E-state index is 0.327. The number of halogens is 1. The van der Waals surface area contributed by atoms with Gasteiger partial charge in [-0.15, -0.1) is 0 Å². The minimum atomic E-state index is -1.19. The molecular weight excluding hydrogens is 344 g/mol. The van der Waals surface area contributed by atoms with Crippen LogP contribution in [0.25, 0.3) is 10.9 Å². The van der Waals surface area contributed by atoms with Crippen molar-refractivity contribution in [3.8, 4) is 0 Å². The molecule has 1 aromatic carbocycles. The lowest BCUT2D eigenvalue weighted by molar-refractivity contribution is -0.139. The smallest absolute Gasteiger partial charge is 0.331 e. The maximum Gasteiger partial charge on any atom is 0.331 e. The number of hydrogen-bond acceptors (Lipinski definition) is 3. The number of hydrogen-bond donors (Lipinski definition) is 3. The summed E-state index contributed by atoms with van der Waals surface area (Å²) in [5, 5.41) is 20.2. The van der Waals surface area contributed by atoms with Crippen LogP contribution in [-0.4, -0.2) is 31.7 Å². The number of aromatic nitrogens is 3.